The van der Waals surface area contributed by atoms with Crippen LogP contribution < -0.4 is 19.7 Å². The van der Waals surface area contributed by atoms with Crippen LogP contribution in [-0.4, -0.2) is 51.1 Å². The normalized spacial score (nSPS) is 13.2. The molecule has 2 aromatic rings. The van der Waals surface area contributed by atoms with Gasteiger partial charge in [0.2, 0.25) is 5.36 Å². The maximum absolute atomic E-state index is 12.7. The molecule has 1 aliphatic carbocycles. The van der Waals surface area contributed by atoms with Gasteiger partial charge in [-0.15, -0.1) is 0 Å². The van der Waals surface area contributed by atoms with Crippen molar-refractivity contribution in [1.82, 2.24) is 4.58 Å². The van der Waals surface area contributed by atoms with E-state index in [1.165, 1.54) is 24.3 Å². The molecule has 0 saturated carbocycles. The highest BCUT2D eigenvalue weighted by Gasteiger charge is 2.32. The van der Waals surface area contributed by atoms with Crippen LogP contribution >= 0.6 is 0 Å². The second-order valence-corrected chi connectivity index (χ2v) is 8.98. The van der Waals surface area contributed by atoms with E-state index in [-0.39, 0.29) is 16.8 Å². The molecule has 0 fully saturated rings. The number of carbonyl (C=O) groups excluding carboxylic acids is 2. The van der Waals surface area contributed by atoms with E-state index in [1.807, 2.05) is 74.1 Å². The number of imide groups is 1. The van der Waals surface area contributed by atoms with Crippen LogP contribution in [0.4, 0.5) is 11.4 Å². The third-order valence-electron chi connectivity index (χ3n) is 6.29. The summed E-state index contributed by atoms with van der Waals surface area (Å²) in [6, 6.07) is 15.9. The zero-order chi connectivity index (χ0) is 25.7. The molecule has 0 saturated heterocycles. The highest BCUT2D eigenvalue weighted by Crippen LogP contribution is 2.46. The van der Waals surface area contributed by atoms with Gasteiger partial charge in [-0.25, -0.2) is 14.3 Å². The van der Waals surface area contributed by atoms with Crippen LogP contribution in [0, 0.1) is 0 Å². The average molecular weight is 483 g/mol. The van der Waals surface area contributed by atoms with Gasteiger partial charge in [-0.2, -0.15) is 0 Å². The molecule has 0 radical (unpaired) electrons. The quantitative estimate of drug-likeness (QED) is 0.272. The van der Waals surface area contributed by atoms with Crippen molar-refractivity contribution in [2.75, 3.05) is 38.0 Å². The van der Waals surface area contributed by atoms with Crippen molar-refractivity contribution in [1.29, 1.82) is 0 Å². The smallest absolute Gasteiger partial charge is 0.336 e. The standard InChI is InChI=1S/C28H23N3O5/c1-29(2)16-8-10-18-22(14-16)36-23-15-17(30(3)4)9-11-19(23)26(18)27-20(28(34)35)6-5-7-21(27)31-24(32)12-13-25(31)33/h5-15H,1-4H3/p+1. The van der Waals surface area contributed by atoms with Gasteiger partial charge in [-0.05, 0) is 30.3 Å². The maximum Gasteiger partial charge on any atom is 0.336 e. The van der Waals surface area contributed by atoms with Crippen molar-refractivity contribution in [3.63, 3.8) is 0 Å². The molecule has 5 rings (SSSR count). The molecule has 36 heavy (non-hydrogen) atoms. The summed E-state index contributed by atoms with van der Waals surface area (Å²) in [5.41, 5.74) is 3.13. The van der Waals surface area contributed by atoms with Crippen LogP contribution in [0.15, 0.2) is 71.2 Å². The summed E-state index contributed by atoms with van der Waals surface area (Å²) in [4.78, 5) is 40.7. The SMILES string of the molecule is CN(C)c1ccc2c(-c3c(C(=O)O)cccc3N3C(=O)C=CC3=O)c3ccc(=[N+](C)C)cc-3oc2c1. The van der Waals surface area contributed by atoms with Gasteiger partial charge in [0.1, 0.15) is 25.4 Å². The number of carboxylic acid groups (broad SMARTS) is 1. The van der Waals surface area contributed by atoms with Crippen LogP contribution in [0.3, 0.4) is 0 Å². The van der Waals surface area contributed by atoms with Crippen molar-refractivity contribution in [3.05, 3.63) is 77.7 Å². The van der Waals surface area contributed by atoms with Gasteiger partial charge in [0.05, 0.1) is 17.3 Å². The Bertz CT molecular complexity index is 1640. The van der Waals surface area contributed by atoms with Gasteiger partial charge in [0, 0.05) is 66.1 Å². The molecule has 2 aliphatic heterocycles. The summed E-state index contributed by atoms with van der Waals surface area (Å²) in [6.45, 7) is 0. The van der Waals surface area contributed by atoms with Gasteiger partial charge in [-0.3, -0.25) is 9.59 Å². The fourth-order valence-electron chi connectivity index (χ4n) is 4.50. The minimum atomic E-state index is -1.17. The molecule has 2 amide bonds. The number of benzene rings is 3. The molecule has 0 spiro atoms. The summed E-state index contributed by atoms with van der Waals surface area (Å²) >= 11 is 0. The number of nitrogens with zero attached hydrogens (tertiary/aromatic N) is 3. The Balaban J connectivity index is 1.98. The lowest BCUT2D eigenvalue weighted by Gasteiger charge is -2.23. The first-order valence-corrected chi connectivity index (χ1v) is 11.3. The Kier molecular flexibility index (Phi) is 5.44. The number of carbonyl (C=O) groups is 3. The molecule has 0 unspecified atom stereocenters. The van der Waals surface area contributed by atoms with E-state index in [9.17, 15) is 19.5 Å². The van der Waals surface area contributed by atoms with Crippen molar-refractivity contribution >= 4 is 40.1 Å². The van der Waals surface area contributed by atoms with Crippen molar-refractivity contribution in [3.8, 4) is 22.5 Å². The van der Waals surface area contributed by atoms with Crippen LogP contribution in [0.1, 0.15) is 10.4 Å². The lowest BCUT2D eigenvalue weighted by atomic mass is 9.89. The summed E-state index contributed by atoms with van der Waals surface area (Å²) in [6.07, 6.45) is 2.37. The summed E-state index contributed by atoms with van der Waals surface area (Å²) in [5, 5.41) is 11.7. The molecule has 2 heterocycles. The molecular weight excluding hydrogens is 458 g/mol. The number of carboxylic acids is 1. The van der Waals surface area contributed by atoms with Crippen molar-refractivity contribution in [2.45, 2.75) is 0 Å². The van der Waals surface area contributed by atoms with Gasteiger partial charge in [-0.1, -0.05) is 6.07 Å². The van der Waals surface area contributed by atoms with E-state index in [0.717, 1.165) is 15.9 Å². The minimum absolute atomic E-state index is 0.0258. The fraction of sp³-hybridized carbons (Fsp3) is 0.143. The minimum Gasteiger partial charge on any atom is -0.478 e. The lowest BCUT2D eigenvalue weighted by Crippen LogP contribution is -2.30. The van der Waals surface area contributed by atoms with E-state index in [2.05, 4.69) is 0 Å². The molecule has 8 nitrogen and oxygen atoms in total. The van der Waals surface area contributed by atoms with E-state index in [1.54, 1.807) is 6.07 Å². The van der Waals surface area contributed by atoms with Crippen LogP contribution in [-0.2, 0) is 9.59 Å². The number of hydrogen-bond donors (Lipinski definition) is 1. The fourth-order valence-corrected chi connectivity index (χ4v) is 4.50. The van der Waals surface area contributed by atoms with E-state index >= 15 is 0 Å². The third kappa shape index (κ3) is 3.63. The highest BCUT2D eigenvalue weighted by atomic mass is 16.4. The lowest BCUT2D eigenvalue weighted by molar-refractivity contribution is -0.119. The average Bonchev–Trinajstić information content (AvgIpc) is 3.18. The Morgan fingerprint density at radius 1 is 0.944 bits per heavy atom. The first kappa shape index (κ1) is 23.0. The van der Waals surface area contributed by atoms with E-state index in [4.69, 9.17) is 4.42 Å². The van der Waals surface area contributed by atoms with Gasteiger partial charge in [0.25, 0.3) is 11.8 Å². The molecule has 8 heteroatoms. The molecule has 0 atom stereocenters. The molecular formula is C28H24N3O5+. The Labute approximate surface area is 207 Å². The molecule has 1 N–H and O–H groups in total. The van der Waals surface area contributed by atoms with Crippen molar-refractivity contribution < 1.29 is 23.9 Å². The largest absolute Gasteiger partial charge is 0.478 e. The molecule has 0 bridgehead atoms. The van der Waals surface area contributed by atoms with Gasteiger partial charge >= 0.3 is 5.97 Å². The molecule has 3 aliphatic rings. The highest BCUT2D eigenvalue weighted by molar-refractivity contribution is 6.30. The first-order valence-electron chi connectivity index (χ1n) is 11.3. The van der Waals surface area contributed by atoms with Gasteiger partial charge in [0.15, 0.2) is 0 Å². The number of aromatic carboxylic acids is 1. The Hall–Kier alpha value is -4.72. The number of rotatable bonds is 4. The Morgan fingerprint density at radius 2 is 1.67 bits per heavy atom. The van der Waals surface area contributed by atoms with Crippen molar-refractivity contribution in [2.24, 2.45) is 0 Å². The first-order chi connectivity index (χ1) is 17.2. The number of hydrogen-bond acceptors (Lipinski definition) is 5. The summed E-state index contributed by atoms with van der Waals surface area (Å²) in [5.74, 6) is -1.68. The predicted octanol–water partition coefficient (Wildman–Crippen LogP) is 3.43. The summed E-state index contributed by atoms with van der Waals surface area (Å²) in [7, 11) is 7.68. The van der Waals surface area contributed by atoms with Crippen LogP contribution in [0.5, 0.6) is 0 Å². The maximum atomic E-state index is 12.7. The van der Waals surface area contributed by atoms with Gasteiger partial charge < -0.3 is 14.4 Å². The second kappa shape index (κ2) is 8.49. The van der Waals surface area contributed by atoms with E-state index < -0.39 is 17.8 Å². The van der Waals surface area contributed by atoms with Crippen LogP contribution in [0.25, 0.3) is 33.4 Å². The topological polar surface area (TPSA) is 94.1 Å². The Morgan fingerprint density at radius 3 is 2.31 bits per heavy atom. The monoisotopic (exact) mass is 482 g/mol. The van der Waals surface area contributed by atoms with E-state index in [0.29, 0.717) is 27.9 Å². The zero-order valence-electron chi connectivity index (χ0n) is 20.3. The number of anilines is 2. The predicted molar refractivity (Wildman–Crippen MR) is 138 cm³/mol. The number of fused-ring (bicyclic) bond motifs is 2. The molecule has 2 aromatic carbocycles. The van der Waals surface area contributed by atoms with Crippen LogP contribution in [0.2, 0.25) is 0 Å². The third-order valence-corrected chi connectivity index (χ3v) is 6.29. The zero-order valence-corrected chi connectivity index (χ0v) is 20.3. The summed E-state index contributed by atoms with van der Waals surface area (Å²) < 4.78 is 8.28. The molecule has 0 aromatic heterocycles. The molecule has 180 valence electrons. The number of amides is 2. The second-order valence-electron chi connectivity index (χ2n) is 8.98.